The molecule has 19 heavy (non-hydrogen) atoms. The largest absolute Gasteiger partial charge is 0.298 e. The van der Waals surface area contributed by atoms with Crippen molar-refractivity contribution in [3.8, 4) is 0 Å². The predicted octanol–water partition coefficient (Wildman–Crippen LogP) is 2.83. The van der Waals surface area contributed by atoms with E-state index < -0.39 is 6.04 Å². The summed E-state index contributed by atoms with van der Waals surface area (Å²) in [7, 11) is 0. The van der Waals surface area contributed by atoms with E-state index in [1.807, 2.05) is 43.3 Å². The second-order valence-corrected chi connectivity index (χ2v) is 5.14. The van der Waals surface area contributed by atoms with Crippen LogP contribution in [0, 0.1) is 22.0 Å². The highest BCUT2D eigenvalue weighted by molar-refractivity contribution is 5.74. The fourth-order valence-electron chi connectivity index (χ4n) is 3.01. The van der Waals surface area contributed by atoms with E-state index in [1.54, 1.807) is 6.92 Å². The molecule has 4 heteroatoms. The van der Waals surface area contributed by atoms with Crippen molar-refractivity contribution in [2.75, 3.05) is 0 Å². The first-order chi connectivity index (χ1) is 9.06. The van der Waals surface area contributed by atoms with Gasteiger partial charge in [0, 0.05) is 4.92 Å². The quantitative estimate of drug-likeness (QED) is 0.476. The lowest BCUT2D eigenvalue weighted by atomic mass is 9.70. The van der Waals surface area contributed by atoms with Gasteiger partial charge in [-0.05, 0) is 17.1 Å². The van der Waals surface area contributed by atoms with Crippen molar-refractivity contribution >= 4 is 6.29 Å². The Balaban J connectivity index is 2.49. The van der Waals surface area contributed by atoms with Gasteiger partial charge in [0.05, 0.1) is 11.8 Å². The fourth-order valence-corrected chi connectivity index (χ4v) is 3.01. The topological polar surface area (TPSA) is 60.2 Å². The molecular formula is C15H17NO3. The summed E-state index contributed by atoms with van der Waals surface area (Å²) in [5.74, 6) is -0.557. The molecule has 0 bridgehead atoms. The first-order valence-corrected chi connectivity index (χ1v) is 6.41. The molecule has 0 N–H and O–H groups in total. The van der Waals surface area contributed by atoms with E-state index in [0.717, 1.165) is 11.8 Å². The van der Waals surface area contributed by atoms with Gasteiger partial charge in [-0.15, -0.1) is 0 Å². The van der Waals surface area contributed by atoms with Crippen molar-refractivity contribution in [3.63, 3.8) is 0 Å². The van der Waals surface area contributed by atoms with Gasteiger partial charge in [0.25, 0.3) is 0 Å². The number of hydrogen-bond donors (Lipinski definition) is 0. The van der Waals surface area contributed by atoms with Crippen molar-refractivity contribution in [2.45, 2.75) is 25.8 Å². The number of aldehydes is 1. The molecule has 0 saturated carbocycles. The van der Waals surface area contributed by atoms with Gasteiger partial charge in [-0.3, -0.25) is 14.9 Å². The molecule has 0 spiro atoms. The molecule has 4 atom stereocenters. The lowest BCUT2D eigenvalue weighted by Crippen LogP contribution is -2.40. The molecule has 0 heterocycles. The number of carbonyl (C=O) groups excluding carboxylic acids is 1. The summed E-state index contributed by atoms with van der Waals surface area (Å²) < 4.78 is 0. The first-order valence-electron chi connectivity index (χ1n) is 6.41. The molecule has 0 aromatic heterocycles. The molecule has 1 aliphatic rings. The molecule has 0 unspecified atom stereocenters. The maximum atomic E-state index is 11.4. The number of nitrogens with zero attached hydrogens (tertiary/aromatic N) is 1. The van der Waals surface area contributed by atoms with Crippen molar-refractivity contribution in [2.24, 2.45) is 11.8 Å². The van der Waals surface area contributed by atoms with Gasteiger partial charge < -0.3 is 0 Å². The van der Waals surface area contributed by atoms with Gasteiger partial charge in [0.15, 0.2) is 0 Å². The second kappa shape index (κ2) is 5.34. The minimum Gasteiger partial charge on any atom is -0.298 e. The molecule has 1 aromatic rings. The third-order valence-electron chi connectivity index (χ3n) is 3.99. The van der Waals surface area contributed by atoms with Crippen molar-refractivity contribution in [1.82, 2.24) is 0 Å². The van der Waals surface area contributed by atoms with Crippen molar-refractivity contribution in [1.29, 1.82) is 0 Å². The smallest absolute Gasteiger partial charge is 0.227 e. The van der Waals surface area contributed by atoms with E-state index in [0.29, 0.717) is 5.57 Å². The summed E-state index contributed by atoms with van der Waals surface area (Å²) in [6.07, 6.45) is 2.62. The van der Waals surface area contributed by atoms with Crippen molar-refractivity contribution in [3.05, 3.63) is 57.7 Å². The van der Waals surface area contributed by atoms with Crippen LogP contribution >= 0.6 is 0 Å². The summed E-state index contributed by atoms with van der Waals surface area (Å²) in [4.78, 5) is 22.2. The first kappa shape index (κ1) is 13.5. The third-order valence-corrected chi connectivity index (χ3v) is 3.99. The summed E-state index contributed by atoms with van der Waals surface area (Å²) in [6, 6.07) is 8.77. The molecule has 4 nitrogen and oxygen atoms in total. The van der Waals surface area contributed by atoms with Crippen LogP contribution in [0.25, 0.3) is 0 Å². The van der Waals surface area contributed by atoms with Crippen LogP contribution in [0.3, 0.4) is 0 Å². The number of rotatable bonds is 3. The van der Waals surface area contributed by atoms with Crippen LogP contribution in [0.1, 0.15) is 25.3 Å². The minimum atomic E-state index is -0.748. The van der Waals surface area contributed by atoms with Gasteiger partial charge in [0.2, 0.25) is 6.04 Å². The maximum absolute atomic E-state index is 11.4. The molecule has 0 aliphatic heterocycles. The molecule has 0 amide bonds. The molecule has 0 fully saturated rings. The minimum absolute atomic E-state index is 0.0193. The molecule has 1 aliphatic carbocycles. The maximum Gasteiger partial charge on any atom is 0.227 e. The predicted molar refractivity (Wildman–Crippen MR) is 72.4 cm³/mol. The highest BCUT2D eigenvalue weighted by atomic mass is 16.6. The van der Waals surface area contributed by atoms with Crippen LogP contribution < -0.4 is 0 Å². The van der Waals surface area contributed by atoms with E-state index >= 15 is 0 Å². The molecule has 1 aromatic carbocycles. The Morgan fingerprint density at radius 2 is 1.84 bits per heavy atom. The molecular weight excluding hydrogens is 242 g/mol. The lowest BCUT2D eigenvalue weighted by Gasteiger charge is -2.33. The van der Waals surface area contributed by atoms with E-state index in [1.165, 1.54) is 0 Å². The fraction of sp³-hybridized carbons (Fsp3) is 0.400. The van der Waals surface area contributed by atoms with Gasteiger partial charge in [-0.1, -0.05) is 50.3 Å². The lowest BCUT2D eigenvalue weighted by molar-refractivity contribution is -0.535. The number of carbonyl (C=O) groups is 1. The van der Waals surface area contributed by atoms with Crippen LogP contribution in [-0.2, 0) is 4.79 Å². The van der Waals surface area contributed by atoms with E-state index in [9.17, 15) is 14.9 Å². The zero-order valence-electron chi connectivity index (χ0n) is 11.0. The average Bonchev–Trinajstić information content (AvgIpc) is 2.41. The highest BCUT2D eigenvalue weighted by Gasteiger charge is 2.44. The highest BCUT2D eigenvalue weighted by Crippen LogP contribution is 2.40. The van der Waals surface area contributed by atoms with E-state index in [4.69, 9.17) is 0 Å². The number of hydrogen-bond acceptors (Lipinski definition) is 3. The Labute approximate surface area is 112 Å². The number of nitro groups is 1. The molecule has 100 valence electrons. The van der Waals surface area contributed by atoms with Gasteiger partial charge >= 0.3 is 0 Å². The Morgan fingerprint density at radius 1 is 1.21 bits per heavy atom. The Hall–Kier alpha value is -1.97. The molecule has 0 saturated heterocycles. The van der Waals surface area contributed by atoms with Crippen LogP contribution in [0.5, 0.6) is 0 Å². The summed E-state index contributed by atoms with van der Waals surface area (Å²) in [5, 5.41) is 11.4. The van der Waals surface area contributed by atoms with Gasteiger partial charge in [0.1, 0.15) is 6.29 Å². The Bertz CT molecular complexity index is 509. The Kier molecular flexibility index (Phi) is 3.79. The number of benzene rings is 1. The second-order valence-electron chi connectivity index (χ2n) is 5.14. The van der Waals surface area contributed by atoms with E-state index in [2.05, 4.69) is 0 Å². The normalized spacial score (nSPS) is 30.5. The zero-order valence-corrected chi connectivity index (χ0v) is 11.0. The number of allylic oxidation sites excluding steroid dienone is 1. The molecule has 2 rings (SSSR count). The summed E-state index contributed by atoms with van der Waals surface area (Å²) >= 11 is 0. The summed E-state index contributed by atoms with van der Waals surface area (Å²) in [5.41, 5.74) is 1.51. The zero-order chi connectivity index (χ0) is 14.0. The van der Waals surface area contributed by atoms with Crippen LogP contribution in [0.2, 0.25) is 0 Å². The summed E-state index contributed by atoms with van der Waals surface area (Å²) in [6.45, 7) is 3.69. The van der Waals surface area contributed by atoms with E-state index in [-0.39, 0.29) is 22.7 Å². The van der Waals surface area contributed by atoms with Gasteiger partial charge in [-0.25, -0.2) is 0 Å². The third kappa shape index (κ3) is 2.43. The SMILES string of the molecule is C[C@@H]1C=C(C=O)[C@H](C)[C@@H]([N+](=O)[O-])[C@H]1c1ccccc1. The van der Waals surface area contributed by atoms with Crippen LogP contribution in [0.15, 0.2) is 42.0 Å². The standard InChI is InChI=1S/C15H17NO3/c1-10-8-13(9-17)11(2)15(16(18)19)14(10)12-6-4-3-5-7-12/h3-11,14-15H,1-2H3/t10-,11+,14-,15-/m1/s1. The van der Waals surface area contributed by atoms with Crippen LogP contribution in [-0.4, -0.2) is 17.3 Å². The average molecular weight is 259 g/mol. The Morgan fingerprint density at radius 3 is 2.37 bits per heavy atom. The van der Waals surface area contributed by atoms with Crippen LogP contribution in [0.4, 0.5) is 0 Å². The molecule has 0 radical (unpaired) electrons. The monoisotopic (exact) mass is 259 g/mol. The van der Waals surface area contributed by atoms with Crippen molar-refractivity contribution < 1.29 is 9.72 Å². The van der Waals surface area contributed by atoms with Gasteiger partial charge in [-0.2, -0.15) is 0 Å².